The maximum atomic E-state index is 12.0. The lowest BCUT2D eigenvalue weighted by Gasteiger charge is -2.11. The van der Waals surface area contributed by atoms with Crippen molar-refractivity contribution in [1.29, 1.82) is 0 Å². The van der Waals surface area contributed by atoms with Gasteiger partial charge in [-0.2, -0.15) is 0 Å². The topological polar surface area (TPSA) is 85.8 Å². The molecule has 0 fully saturated rings. The van der Waals surface area contributed by atoms with Gasteiger partial charge in [0.2, 0.25) is 11.1 Å². The van der Waals surface area contributed by atoms with Crippen molar-refractivity contribution in [1.82, 2.24) is 14.9 Å². The molecule has 0 spiro atoms. The van der Waals surface area contributed by atoms with Gasteiger partial charge in [-0.1, -0.05) is 30.0 Å². The Labute approximate surface area is 115 Å². The number of amides is 1. The monoisotopic (exact) mass is 277 g/mol. The minimum atomic E-state index is -0.314. The zero-order chi connectivity index (χ0) is 13.8. The molecule has 0 aliphatic rings. The molecule has 1 aromatic heterocycles. The minimum Gasteiger partial charge on any atom is -0.336 e. The highest BCUT2D eigenvalue weighted by molar-refractivity contribution is 8.00. The molecule has 0 unspecified atom stereocenters. The number of rotatable bonds is 4. The van der Waals surface area contributed by atoms with Crippen LogP contribution in [-0.2, 0) is 4.79 Å². The second-order valence-corrected chi connectivity index (χ2v) is 5.32. The van der Waals surface area contributed by atoms with Crippen LogP contribution in [0.1, 0.15) is 12.7 Å². The van der Waals surface area contributed by atoms with Crippen molar-refractivity contribution in [2.24, 2.45) is 0 Å². The number of carbonyl (C=O) groups is 1. The summed E-state index contributed by atoms with van der Waals surface area (Å²) in [6.45, 7) is 3.55. The fourth-order valence-corrected chi connectivity index (χ4v) is 2.22. The van der Waals surface area contributed by atoms with Crippen LogP contribution in [-0.4, -0.2) is 26.0 Å². The molecule has 0 radical (unpaired) electrons. The SMILES string of the molecule is Cc1nnc(S[C@@H](C)C(=O)Nc2ccccc2)n1N. The molecule has 1 heterocycles. The van der Waals surface area contributed by atoms with Crippen LogP contribution in [0, 0.1) is 6.92 Å². The Balaban J connectivity index is 1.98. The van der Waals surface area contributed by atoms with E-state index < -0.39 is 0 Å². The second-order valence-electron chi connectivity index (χ2n) is 4.02. The van der Waals surface area contributed by atoms with Crippen LogP contribution in [0.25, 0.3) is 0 Å². The predicted octanol–water partition coefficient (Wildman–Crippen LogP) is 1.42. The molecule has 0 bridgehead atoms. The molecule has 2 aromatic rings. The molecule has 0 aliphatic carbocycles. The molecule has 1 atom stereocenters. The van der Waals surface area contributed by atoms with E-state index in [1.165, 1.54) is 16.4 Å². The zero-order valence-corrected chi connectivity index (χ0v) is 11.5. The Kier molecular flexibility index (Phi) is 4.06. The third kappa shape index (κ3) is 3.25. The Morgan fingerprint density at radius 1 is 1.37 bits per heavy atom. The second kappa shape index (κ2) is 5.75. The average molecular weight is 277 g/mol. The molecule has 2 rings (SSSR count). The summed E-state index contributed by atoms with van der Waals surface area (Å²) >= 11 is 1.27. The molecule has 0 saturated heterocycles. The lowest BCUT2D eigenvalue weighted by Crippen LogP contribution is -2.23. The summed E-state index contributed by atoms with van der Waals surface area (Å²) in [5, 5.41) is 10.8. The maximum Gasteiger partial charge on any atom is 0.237 e. The number of anilines is 1. The highest BCUT2D eigenvalue weighted by Crippen LogP contribution is 2.21. The number of hydrogen-bond acceptors (Lipinski definition) is 5. The van der Waals surface area contributed by atoms with Crippen molar-refractivity contribution in [2.45, 2.75) is 24.3 Å². The molecular weight excluding hydrogens is 262 g/mol. The highest BCUT2D eigenvalue weighted by Gasteiger charge is 2.18. The highest BCUT2D eigenvalue weighted by atomic mass is 32.2. The van der Waals surface area contributed by atoms with Crippen molar-refractivity contribution in [3.63, 3.8) is 0 Å². The number of benzene rings is 1. The van der Waals surface area contributed by atoms with E-state index in [2.05, 4.69) is 15.5 Å². The normalized spacial score (nSPS) is 12.1. The minimum absolute atomic E-state index is 0.100. The summed E-state index contributed by atoms with van der Waals surface area (Å²) in [6, 6.07) is 9.31. The Morgan fingerprint density at radius 2 is 2.05 bits per heavy atom. The summed E-state index contributed by atoms with van der Waals surface area (Å²) in [7, 11) is 0. The molecule has 0 saturated carbocycles. The summed E-state index contributed by atoms with van der Waals surface area (Å²) < 4.78 is 1.37. The van der Waals surface area contributed by atoms with Crippen LogP contribution in [0.5, 0.6) is 0 Å². The number of para-hydroxylation sites is 1. The summed E-state index contributed by atoms with van der Waals surface area (Å²) in [4.78, 5) is 12.0. The molecule has 3 N–H and O–H groups in total. The van der Waals surface area contributed by atoms with Gasteiger partial charge in [0.1, 0.15) is 5.82 Å². The summed E-state index contributed by atoms with van der Waals surface area (Å²) in [5.41, 5.74) is 0.769. The van der Waals surface area contributed by atoms with E-state index in [1.54, 1.807) is 13.8 Å². The van der Waals surface area contributed by atoms with E-state index >= 15 is 0 Å². The molecule has 7 heteroatoms. The first-order valence-electron chi connectivity index (χ1n) is 5.77. The third-order valence-electron chi connectivity index (χ3n) is 2.53. The lowest BCUT2D eigenvalue weighted by molar-refractivity contribution is -0.115. The molecular formula is C12H15N5OS. The Bertz CT molecular complexity index is 569. The van der Waals surface area contributed by atoms with E-state index in [9.17, 15) is 4.79 Å². The van der Waals surface area contributed by atoms with Gasteiger partial charge in [0.05, 0.1) is 5.25 Å². The number of hydrogen-bond donors (Lipinski definition) is 2. The Morgan fingerprint density at radius 3 is 2.63 bits per heavy atom. The van der Waals surface area contributed by atoms with Gasteiger partial charge in [-0.15, -0.1) is 10.2 Å². The van der Waals surface area contributed by atoms with Crippen LogP contribution >= 0.6 is 11.8 Å². The van der Waals surface area contributed by atoms with Crippen LogP contribution in [0.3, 0.4) is 0 Å². The van der Waals surface area contributed by atoms with Crippen molar-refractivity contribution in [2.75, 3.05) is 11.2 Å². The van der Waals surface area contributed by atoms with Gasteiger partial charge in [-0.3, -0.25) is 4.79 Å². The zero-order valence-electron chi connectivity index (χ0n) is 10.7. The van der Waals surface area contributed by atoms with E-state index in [4.69, 9.17) is 5.84 Å². The van der Waals surface area contributed by atoms with Crippen molar-refractivity contribution < 1.29 is 4.79 Å². The average Bonchev–Trinajstić information content (AvgIpc) is 2.72. The van der Waals surface area contributed by atoms with E-state index in [1.807, 2.05) is 30.3 Å². The van der Waals surface area contributed by atoms with Crippen molar-refractivity contribution in [3.05, 3.63) is 36.2 Å². The van der Waals surface area contributed by atoms with Crippen LogP contribution in [0.4, 0.5) is 5.69 Å². The number of aromatic nitrogens is 3. The van der Waals surface area contributed by atoms with E-state index in [0.29, 0.717) is 11.0 Å². The predicted molar refractivity (Wildman–Crippen MR) is 75.3 cm³/mol. The van der Waals surface area contributed by atoms with E-state index in [0.717, 1.165) is 5.69 Å². The van der Waals surface area contributed by atoms with Gasteiger partial charge in [-0.05, 0) is 26.0 Å². The molecule has 6 nitrogen and oxygen atoms in total. The smallest absolute Gasteiger partial charge is 0.237 e. The Hall–Kier alpha value is -2.02. The summed E-state index contributed by atoms with van der Waals surface area (Å²) in [6.07, 6.45) is 0. The molecule has 1 amide bonds. The summed E-state index contributed by atoms with van der Waals surface area (Å²) in [5.74, 6) is 6.25. The molecule has 1 aromatic carbocycles. The first-order valence-corrected chi connectivity index (χ1v) is 6.65. The standard InChI is InChI=1S/C12H15N5OS/c1-8(19-12-16-15-9(2)17(12)13)11(18)14-10-6-4-3-5-7-10/h3-8H,13H2,1-2H3,(H,14,18)/t8-/m0/s1. The number of nitrogens with two attached hydrogens (primary N) is 1. The number of thioether (sulfide) groups is 1. The quantitative estimate of drug-likeness (QED) is 0.652. The first-order chi connectivity index (χ1) is 9.08. The number of nitrogens with zero attached hydrogens (tertiary/aromatic N) is 3. The maximum absolute atomic E-state index is 12.0. The molecule has 0 aliphatic heterocycles. The lowest BCUT2D eigenvalue weighted by atomic mass is 10.3. The van der Waals surface area contributed by atoms with Crippen LogP contribution in [0.2, 0.25) is 0 Å². The fourth-order valence-electron chi connectivity index (χ4n) is 1.41. The number of nitrogens with one attached hydrogen (secondary N) is 1. The van der Waals surface area contributed by atoms with Crippen molar-refractivity contribution in [3.8, 4) is 0 Å². The first kappa shape index (κ1) is 13.4. The largest absolute Gasteiger partial charge is 0.336 e. The van der Waals surface area contributed by atoms with Crippen LogP contribution < -0.4 is 11.2 Å². The van der Waals surface area contributed by atoms with Crippen LogP contribution in [0.15, 0.2) is 35.5 Å². The number of nitrogen functional groups attached to an aromatic ring is 1. The fraction of sp³-hybridized carbons (Fsp3) is 0.250. The van der Waals surface area contributed by atoms with Gasteiger partial charge in [0, 0.05) is 5.69 Å². The van der Waals surface area contributed by atoms with Crippen molar-refractivity contribution >= 4 is 23.4 Å². The van der Waals surface area contributed by atoms with Gasteiger partial charge in [0.25, 0.3) is 0 Å². The third-order valence-corrected chi connectivity index (χ3v) is 3.58. The van der Waals surface area contributed by atoms with Gasteiger partial charge >= 0.3 is 0 Å². The van der Waals surface area contributed by atoms with Gasteiger partial charge in [-0.25, -0.2) is 4.68 Å². The molecule has 100 valence electrons. The van der Waals surface area contributed by atoms with Gasteiger partial charge in [0.15, 0.2) is 0 Å². The molecule has 19 heavy (non-hydrogen) atoms. The number of carbonyl (C=O) groups excluding carboxylic acids is 1. The number of aryl methyl sites for hydroxylation is 1. The van der Waals surface area contributed by atoms with Gasteiger partial charge < -0.3 is 11.2 Å². The van der Waals surface area contributed by atoms with E-state index in [-0.39, 0.29) is 11.2 Å².